The highest BCUT2D eigenvalue weighted by molar-refractivity contribution is 5.48. The Morgan fingerprint density at radius 2 is 2.00 bits per heavy atom. The lowest BCUT2D eigenvalue weighted by Crippen LogP contribution is -2.19. The molecule has 0 amide bonds. The molecule has 1 aromatic rings. The van der Waals surface area contributed by atoms with Crippen molar-refractivity contribution in [3.8, 4) is 11.5 Å². The smallest absolute Gasteiger partial charge is 0.231 e. The van der Waals surface area contributed by atoms with Crippen LogP contribution < -0.4 is 15.2 Å². The number of hydrogen-bond donors (Lipinski definition) is 1. The van der Waals surface area contributed by atoms with Crippen LogP contribution in [0.5, 0.6) is 11.5 Å². The molecule has 2 N–H and O–H groups in total. The Kier molecular flexibility index (Phi) is 1.53. The van der Waals surface area contributed by atoms with Crippen molar-refractivity contribution < 1.29 is 9.47 Å². The van der Waals surface area contributed by atoms with Crippen LogP contribution in [0.1, 0.15) is 18.4 Å². The molecule has 1 aliphatic carbocycles. The zero-order chi connectivity index (χ0) is 9.60. The molecule has 1 aliphatic heterocycles. The fraction of sp³-hybridized carbons (Fsp3) is 0.455. The van der Waals surface area contributed by atoms with E-state index in [1.807, 2.05) is 6.07 Å². The maximum absolute atomic E-state index is 5.77. The summed E-state index contributed by atoms with van der Waals surface area (Å²) in [4.78, 5) is 0. The Labute approximate surface area is 82.8 Å². The van der Waals surface area contributed by atoms with Crippen molar-refractivity contribution in [3.63, 3.8) is 0 Å². The molecule has 0 spiro atoms. The summed E-state index contributed by atoms with van der Waals surface area (Å²) in [6.45, 7) is 1.07. The molecule has 1 saturated carbocycles. The van der Waals surface area contributed by atoms with Gasteiger partial charge in [0.2, 0.25) is 6.79 Å². The van der Waals surface area contributed by atoms with Crippen LogP contribution in [-0.4, -0.2) is 13.3 Å². The molecule has 2 aliphatic rings. The van der Waals surface area contributed by atoms with Crippen molar-refractivity contribution in [3.05, 3.63) is 23.8 Å². The predicted octanol–water partition coefficient (Wildman–Crippen LogP) is 1.41. The second-order valence-electron chi connectivity index (χ2n) is 4.05. The van der Waals surface area contributed by atoms with Crippen LogP contribution in [0.2, 0.25) is 0 Å². The summed E-state index contributed by atoms with van der Waals surface area (Å²) < 4.78 is 10.6. The highest BCUT2D eigenvalue weighted by atomic mass is 16.7. The maximum atomic E-state index is 5.77. The Balaban J connectivity index is 2.00. The Hall–Kier alpha value is -1.22. The van der Waals surface area contributed by atoms with E-state index in [2.05, 4.69) is 12.1 Å². The molecule has 1 fully saturated rings. The molecule has 0 radical (unpaired) electrons. The summed E-state index contributed by atoms with van der Waals surface area (Å²) >= 11 is 0. The number of fused-ring (bicyclic) bond motifs is 1. The summed E-state index contributed by atoms with van der Waals surface area (Å²) in [5.74, 6) is 1.71. The van der Waals surface area contributed by atoms with E-state index in [0.717, 1.165) is 18.0 Å². The lowest BCUT2D eigenvalue weighted by Gasteiger charge is -2.12. The van der Waals surface area contributed by atoms with Gasteiger partial charge in [-0.2, -0.15) is 0 Å². The van der Waals surface area contributed by atoms with Gasteiger partial charge < -0.3 is 15.2 Å². The summed E-state index contributed by atoms with van der Waals surface area (Å²) in [5, 5.41) is 0. The van der Waals surface area contributed by atoms with E-state index in [0.29, 0.717) is 6.79 Å². The van der Waals surface area contributed by atoms with E-state index in [-0.39, 0.29) is 5.41 Å². The predicted molar refractivity (Wildman–Crippen MR) is 52.5 cm³/mol. The highest BCUT2D eigenvalue weighted by Gasteiger charge is 2.43. The zero-order valence-corrected chi connectivity index (χ0v) is 7.95. The average Bonchev–Trinajstić information content (AvgIpc) is 2.89. The zero-order valence-electron chi connectivity index (χ0n) is 7.95. The van der Waals surface area contributed by atoms with Gasteiger partial charge in [-0.3, -0.25) is 0 Å². The molecule has 74 valence electrons. The van der Waals surface area contributed by atoms with E-state index in [1.165, 1.54) is 18.4 Å². The molecule has 1 aromatic carbocycles. The lowest BCUT2D eigenvalue weighted by atomic mass is 9.96. The number of rotatable bonds is 2. The lowest BCUT2D eigenvalue weighted by molar-refractivity contribution is 0.174. The normalized spacial score (nSPS) is 20.9. The van der Waals surface area contributed by atoms with E-state index in [4.69, 9.17) is 15.2 Å². The van der Waals surface area contributed by atoms with Crippen molar-refractivity contribution in [2.75, 3.05) is 13.3 Å². The summed E-state index contributed by atoms with van der Waals surface area (Å²) in [5.41, 5.74) is 7.31. The SMILES string of the molecule is NCC1(c2ccc3c(c2)OCO3)CC1. The summed E-state index contributed by atoms with van der Waals surface area (Å²) in [7, 11) is 0. The topological polar surface area (TPSA) is 44.5 Å². The number of benzene rings is 1. The fourth-order valence-corrected chi connectivity index (χ4v) is 1.99. The van der Waals surface area contributed by atoms with Gasteiger partial charge in [0.25, 0.3) is 0 Å². The number of hydrogen-bond acceptors (Lipinski definition) is 3. The van der Waals surface area contributed by atoms with Gasteiger partial charge in [0.1, 0.15) is 0 Å². The molecule has 0 atom stereocenters. The first-order valence-corrected chi connectivity index (χ1v) is 4.94. The molecule has 3 heteroatoms. The van der Waals surface area contributed by atoms with Gasteiger partial charge >= 0.3 is 0 Å². The van der Waals surface area contributed by atoms with Crippen LogP contribution in [0.4, 0.5) is 0 Å². The van der Waals surface area contributed by atoms with Gasteiger partial charge in [0, 0.05) is 12.0 Å². The van der Waals surface area contributed by atoms with Crippen molar-refractivity contribution in [2.24, 2.45) is 5.73 Å². The molecular formula is C11H13NO2. The molecule has 3 rings (SSSR count). The fourth-order valence-electron chi connectivity index (χ4n) is 1.99. The molecule has 14 heavy (non-hydrogen) atoms. The van der Waals surface area contributed by atoms with Crippen molar-refractivity contribution in [1.82, 2.24) is 0 Å². The first-order chi connectivity index (χ1) is 6.84. The quantitative estimate of drug-likeness (QED) is 0.768. The second-order valence-corrected chi connectivity index (χ2v) is 4.05. The summed E-state index contributed by atoms with van der Waals surface area (Å²) in [6, 6.07) is 6.16. The minimum Gasteiger partial charge on any atom is -0.454 e. The van der Waals surface area contributed by atoms with E-state index in [9.17, 15) is 0 Å². The number of nitrogens with two attached hydrogens (primary N) is 1. The van der Waals surface area contributed by atoms with Crippen molar-refractivity contribution in [2.45, 2.75) is 18.3 Å². The molecule has 1 heterocycles. The van der Waals surface area contributed by atoms with E-state index < -0.39 is 0 Å². The van der Waals surface area contributed by atoms with Gasteiger partial charge in [-0.25, -0.2) is 0 Å². The monoisotopic (exact) mass is 191 g/mol. The minimum atomic E-state index is 0.237. The summed E-state index contributed by atoms with van der Waals surface area (Å²) in [6.07, 6.45) is 2.40. The van der Waals surface area contributed by atoms with Crippen LogP contribution in [0.15, 0.2) is 18.2 Å². The van der Waals surface area contributed by atoms with Crippen LogP contribution in [0.3, 0.4) is 0 Å². The third-order valence-corrected chi connectivity index (χ3v) is 3.23. The maximum Gasteiger partial charge on any atom is 0.231 e. The molecule has 0 saturated heterocycles. The largest absolute Gasteiger partial charge is 0.454 e. The third kappa shape index (κ3) is 1.02. The molecule has 0 bridgehead atoms. The number of ether oxygens (including phenoxy) is 2. The first-order valence-electron chi connectivity index (χ1n) is 4.94. The van der Waals surface area contributed by atoms with Crippen LogP contribution >= 0.6 is 0 Å². The second kappa shape index (κ2) is 2.64. The Morgan fingerprint density at radius 1 is 1.21 bits per heavy atom. The van der Waals surface area contributed by atoms with Gasteiger partial charge in [-0.15, -0.1) is 0 Å². The van der Waals surface area contributed by atoms with Gasteiger partial charge in [0.05, 0.1) is 0 Å². The van der Waals surface area contributed by atoms with Crippen molar-refractivity contribution >= 4 is 0 Å². The Morgan fingerprint density at radius 3 is 2.71 bits per heavy atom. The average molecular weight is 191 g/mol. The van der Waals surface area contributed by atoms with E-state index >= 15 is 0 Å². The highest BCUT2D eigenvalue weighted by Crippen LogP contribution is 2.49. The molecule has 3 nitrogen and oxygen atoms in total. The van der Waals surface area contributed by atoms with Gasteiger partial charge in [-0.05, 0) is 30.5 Å². The van der Waals surface area contributed by atoms with Crippen LogP contribution in [0, 0.1) is 0 Å². The Bertz CT molecular complexity index is 372. The van der Waals surface area contributed by atoms with Crippen molar-refractivity contribution in [1.29, 1.82) is 0 Å². The van der Waals surface area contributed by atoms with Crippen LogP contribution in [0.25, 0.3) is 0 Å². The van der Waals surface area contributed by atoms with Gasteiger partial charge in [0.15, 0.2) is 11.5 Å². The first kappa shape index (κ1) is 8.12. The van der Waals surface area contributed by atoms with E-state index in [1.54, 1.807) is 0 Å². The standard InChI is InChI=1S/C11H13NO2/c12-6-11(3-4-11)8-1-2-9-10(5-8)14-7-13-9/h1-2,5H,3-4,6-7,12H2. The molecule has 0 unspecified atom stereocenters. The molecule has 0 aromatic heterocycles. The van der Waals surface area contributed by atoms with Crippen LogP contribution in [-0.2, 0) is 5.41 Å². The molecular weight excluding hydrogens is 178 g/mol. The minimum absolute atomic E-state index is 0.237. The van der Waals surface area contributed by atoms with Gasteiger partial charge in [-0.1, -0.05) is 6.07 Å². The third-order valence-electron chi connectivity index (χ3n) is 3.23.